The average Bonchev–Trinajstić information content (AvgIpc) is 2.91. The molecule has 1 heterocycles. The number of carbonyl (C=O) groups is 2. The molecule has 0 spiro atoms. The molecule has 3 rings (SSSR count). The van der Waals surface area contributed by atoms with Crippen LogP contribution in [0.5, 0.6) is 11.5 Å². The number of para-hydroxylation sites is 1. The third kappa shape index (κ3) is 3.03. The highest BCUT2D eigenvalue weighted by molar-refractivity contribution is 6.07. The van der Waals surface area contributed by atoms with Gasteiger partial charge >= 0.3 is 0 Å². The van der Waals surface area contributed by atoms with Crippen LogP contribution in [0.3, 0.4) is 0 Å². The normalized spacial score (nSPS) is 12.8. The third-order valence-corrected chi connectivity index (χ3v) is 3.91. The molecule has 24 heavy (non-hydrogen) atoms. The Morgan fingerprint density at radius 2 is 1.96 bits per heavy atom. The minimum Gasteiger partial charge on any atom is -0.497 e. The fraction of sp³-hybridized carbons (Fsp3) is 0.222. The van der Waals surface area contributed by atoms with Crippen molar-refractivity contribution >= 4 is 23.2 Å². The number of benzene rings is 2. The number of amides is 2. The molecule has 0 unspecified atom stereocenters. The quantitative estimate of drug-likeness (QED) is 0.915. The average molecular weight is 326 g/mol. The number of anilines is 2. The zero-order chi connectivity index (χ0) is 17.1. The van der Waals surface area contributed by atoms with E-state index in [1.165, 1.54) is 12.0 Å². The molecule has 0 atom stereocenters. The fourth-order valence-electron chi connectivity index (χ4n) is 2.72. The summed E-state index contributed by atoms with van der Waals surface area (Å²) in [6.45, 7) is -0.0367. The smallest absolute Gasteiger partial charge is 0.244 e. The molecule has 0 saturated carbocycles. The Morgan fingerprint density at radius 3 is 2.71 bits per heavy atom. The number of nitrogens with one attached hydrogen (secondary N) is 1. The van der Waals surface area contributed by atoms with Crippen molar-refractivity contribution in [2.75, 3.05) is 31.0 Å². The van der Waals surface area contributed by atoms with Gasteiger partial charge in [0.25, 0.3) is 0 Å². The summed E-state index contributed by atoms with van der Waals surface area (Å²) in [7, 11) is 3.08. The zero-order valence-electron chi connectivity index (χ0n) is 13.5. The summed E-state index contributed by atoms with van der Waals surface area (Å²) in [6, 6.07) is 12.6. The van der Waals surface area contributed by atoms with E-state index in [4.69, 9.17) is 9.47 Å². The minimum absolute atomic E-state index is 0.0367. The standard InChI is InChI=1S/C18H18N2O4/c1-23-13-7-8-14(16(10-13)24-2)19-17(21)11-20-15-6-4-3-5-12(15)9-18(20)22/h3-8,10H,9,11H2,1-2H3,(H,19,21). The van der Waals surface area contributed by atoms with E-state index in [0.29, 0.717) is 23.6 Å². The number of ether oxygens (including phenoxy) is 2. The lowest BCUT2D eigenvalue weighted by Gasteiger charge is -2.18. The van der Waals surface area contributed by atoms with Crippen LogP contribution in [0.2, 0.25) is 0 Å². The second kappa shape index (κ2) is 6.62. The third-order valence-electron chi connectivity index (χ3n) is 3.91. The highest BCUT2D eigenvalue weighted by atomic mass is 16.5. The molecule has 2 aromatic carbocycles. The molecule has 1 N–H and O–H groups in total. The predicted molar refractivity (Wildman–Crippen MR) is 90.7 cm³/mol. The maximum atomic E-state index is 12.4. The van der Waals surface area contributed by atoms with E-state index < -0.39 is 0 Å². The van der Waals surface area contributed by atoms with Crippen LogP contribution in [0, 0.1) is 0 Å². The summed E-state index contributed by atoms with van der Waals surface area (Å²) >= 11 is 0. The molecule has 2 aromatic rings. The van der Waals surface area contributed by atoms with Crippen LogP contribution in [0.25, 0.3) is 0 Å². The van der Waals surface area contributed by atoms with Gasteiger partial charge in [-0.25, -0.2) is 0 Å². The Morgan fingerprint density at radius 1 is 1.17 bits per heavy atom. The summed E-state index contributed by atoms with van der Waals surface area (Å²) in [6.07, 6.45) is 0.329. The SMILES string of the molecule is COc1ccc(NC(=O)CN2C(=O)Cc3ccccc32)c(OC)c1. The Kier molecular flexibility index (Phi) is 4.37. The van der Waals surface area contributed by atoms with Gasteiger partial charge in [0.15, 0.2) is 0 Å². The van der Waals surface area contributed by atoms with E-state index in [1.807, 2.05) is 24.3 Å². The maximum Gasteiger partial charge on any atom is 0.244 e. The Bertz CT molecular complexity index is 788. The van der Waals surface area contributed by atoms with E-state index in [2.05, 4.69) is 5.32 Å². The first kappa shape index (κ1) is 15.9. The van der Waals surface area contributed by atoms with Crippen LogP contribution in [-0.2, 0) is 16.0 Å². The summed E-state index contributed by atoms with van der Waals surface area (Å²) in [5, 5.41) is 2.78. The van der Waals surface area contributed by atoms with Gasteiger partial charge < -0.3 is 19.7 Å². The van der Waals surface area contributed by atoms with Gasteiger partial charge in [-0.2, -0.15) is 0 Å². The highest BCUT2D eigenvalue weighted by Crippen LogP contribution is 2.30. The highest BCUT2D eigenvalue weighted by Gasteiger charge is 2.28. The maximum absolute atomic E-state index is 12.4. The van der Waals surface area contributed by atoms with Crippen LogP contribution in [0.1, 0.15) is 5.56 Å². The van der Waals surface area contributed by atoms with Crippen LogP contribution in [0.15, 0.2) is 42.5 Å². The molecular formula is C18H18N2O4. The van der Waals surface area contributed by atoms with Gasteiger partial charge in [0.2, 0.25) is 11.8 Å². The first-order valence-corrected chi connectivity index (χ1v) is 7.52. The first-order valence-electron chi connectivity index (χ1n) is 7.52. The van der Waals surface area contributed by atoms with E-state index in [-0.39, 0.29) is 18.4 Å². The van der Waals surface area contributed by atoms with Crippen molar-refractivity contribution in [1.29, 1.82) is 0 Å². The van der Waals surface area contributed by atoms with Gasteiger partial charge in [-0.15, -0.1) is 0 Å². The number of carbonyl (C=O) groups excluding carboxylic acids is 2. The molecule has 0 fully saturated rings. The number of hydrogen-bond acceptors (Lipinski definition) is 4. The second-order valence-corrected chi connectivity index (χ2v) is 5.40. The van der Waals surface area contributed by atoms with Crippen molar-refractivity contribution in [3.05, 3.63) is 48.0 Å². The number of hydrogen-bond donors (Lipinski definition) is 1. The summed E-state index contributed by atoms with van der Waals surface area (Å²) in [5.41, 5.74) is 2.26. The fourth-order valence-corrected chi connectivity index (χ4v) is 2.72. The summed E-state index contributed by atoms with van der Waals surface area (Å²) in [4.78, 5) is 26.0. The minimum atomic E-state index is -0.288. The van der Waals surface area contributed by atoms with Gasteiger partial charge in [0, 0.05) is 11.8 Å². The Labute approximate surface area is 140 Å². The lowest BCUT2D eigenvalue weighted by Crippen LogP contribution is -2.35. The second-order valence-electron chi connectivity index (χ2n) is 5.40. The van der Waals surface area contributed by atoms with E-state index in [9.17, 15) is 9.59 Å². The van der Waals surface area contributed by atoms with Crippen LogP contribution >= 0.6 is 0 Å². The number of methoxy groups -OCH3 is 2. The summed E-state index contributed by atoms with van der Waals surface area (Å²) in [5.74, 6) is 0.765. The molecule has 1 aliphatic rings. The van der Waals surface area contributed by atoms with Crippen LogP contribution in [0.4, 0.5) is 11.4 Å². The molecule has 6 nitrogen and oxygen atoms in total. The monoisotopic (exact) mass is 326 g/mol. The van der Waals surface area contributed by atoms with Crippen molar-refractivity contribution in [2.45, 2.75) is 6.42 Å². The van der Waals surface area contributed by atoms with E-state index in [0.717, 1.165) is 11.3 Å². The molecule has 0 aliphatic carbocycles. The molecule has 0 aromatic heterocycles. The van der Waals surface area contributed by atoms with Crippen LogP contribution < -0.4 is 19.7 Å². The zero-order valence-corrected chi connectivity index (χ0v) is 13.5. The van der Waals surface area contributed by atoms with Crippen molar-refractivity contribution in [2.24, 2.45) is 0 Å². The van der Waals surface area contributed by atoms with E-state index >= 15 is 0 Å². The molecule has 0 bridgehead atoms. The lowest BCUT2D eigenvalue weighted by atomic mass is 10.2. The molecule has 0 saturated heterocycles. The number of rotatable bonds is 5. The largest absolute Gasteiger partial charge is 0.497 e. The molecule has 2 amide bonds. The first-order chi connectivity index (χ1) is 11.6. The van der Waals surface area contributed by atoms with Crippen molar-refractivity contribution in [3.8, 4) is 11.5 Å². The van der Waals surface area contributed by atoms with Gasteiger partial charge in [-0.05, 0) is 23.8 Å². The van der Waals surface area contributed by atoms with Gasteiger partial charge in [-0.3, -0.25) is 9.59 Å². The molecule has 0 radical (unpaired) electrons. The van der Waals surface area contributed by atoms with Gasteiger partial charge in [0.05, 0.1) is 26.3 Å². The Hall–Kier alpha value is -3.02. The van der Waals surface area contributed by atoms with E-state index in [1.54, 1.807) is 25.3 Å². The Balaban J connectivity index is 1.74. The topological polar surface area (TPSA) is 67.9 Å². The predicted octanol–water partition coefficient (Wildman–Crippen LogP) is 2.23. The van der Waals surface area contributed by atoms with Crippen molar-refractivity contribution in [3.63, 3.8) is 0 Å². The number of fused-ring (bicyclic) bond motifs is 1. The summed E-state index contributed by atoms with van der Waals surface area (Å²) < 4.78 is 10.4. The van der Waals surface area contributed by atoms with Crippen molar-refractivity contribution < 1.29 is 19.1 Å². The van der Waals surface area contributed by atoms with Crippen molar-refractivity contribution in [1.82, 2.24) is 0 Å². The van der Waals surface area contributed by atoms with Crippen LogP contribution in [-0.4, -0.2) is 32.6 Å². The molecular weight excluding hydrogens is 308 g/mol. The molecule has 124 valence electrons. The molecule has 6 heteroatoms. The van der Waals surface area contributed by atoms with Gasteiger partial charge in [0.1, 0.15) is 18.0 Å². The lowest BCUT2D eigenvalue weighted by molar-refractivity contribution is -0.120. The molecule has 1 aliphatic heterocycles. The number of nitrogens with zero attached hydrogens (tertiary/aromatic N) is 1. The van der Waals surface area contributed by atoms with Gasteiger partial charge in [-0.1, -0.05) is 18.2 Å².